The number of alkyl halides is 2. The number of piperazine rings is 1. The Morgan fingerprint density at radius 1 is 1.03 bits per heavy atom. The first-order valence-electron chi connectivity index (χ1n) is 13.3. The molecule has 39 heavy (non-hydrogen) atoms. The Kier molecular flexibility index (Phi) is 6.72. The maximum atomic E-state index is 13.3. The minimum atomic E-state index is -2.99. The van der Waals surface area contributed by atoms with E-state index in [-0.39, 0.29) is 29.6 Å². The largest absolute Gasteiger partial charge is 0.417 e. The van der Waals surface area contributed by atoms with Crippen molar-refractivity contribution < 1.29 is 18.3 Å². The zero-order valence-electron chi connectivity index (χ0n) is 21.9. The number of carbonyl (C=O) groups excluding carboxylic acids is 1. The van der Waals surface area contributed by atoms with Crippen LogP contribution in [0, 0.1) is 0 Å². The lowest BCUT2D eigenvalue weighted by atomic mass is 9.90. The molecule has 2 bridgehead atoms. The highest BCUT2D eigenvalue weighted by Crippen LogP contribution is 2.33. The summed E-state index contributed by atoms with van der Waals surface area (Å²) in [5.74, 6) is 0.598. The van der Waals surface area contributed by atoms with Crippen molar-refractivity contribution in [2.24, 2.45) is 0 Å². The molecule has 0 spiro atoms. The van der Waals surface area contributed by atoms with Crippen molar-refractivity contribution in [3.8, 4) is 17.1 Å². The number of nitrogens with zero attached hydrogens (tertiary/aromatic N) is 6. The van der Waals surface area contributed by atoms with E-state index in [1.165, 1.54) is 17.7 Å². The quantitative estimate of drug-likeness (QED) is 0.333. The lowest BCUT2D eigenvalue weighted by Gasteiger charge is -2.51. The molecule has 1 amide bonds. The number of fused-ring (bicyclic) bond motifs is 4. The zero-order valence-corrected chi connectivity index (χ0v) is 21.9. The van der Waals surface area contributed by atoms with Crippen molar-refractivity contribution in [3.05, 3.63) is 77.9 Å². The summed E-state index contributed by atoms with van der Waals surface area (Å²) in [5, 5.41) is 0. The van der Waals surface area contributed by atoms with Gasteiger partial charge in [-0.25, -0.2) is 15.0 Å². The van der Waals surface area contributed by atoms with E-state index < -0.39 is 6.61 Å². The Bertz CT molecular complexity index is 1490. The van der Waals surface area contributed by atoms with Gasteiger partial charge in [-0.15, -0.1) is 0 Å². The molecular formula is C29H30F2N6O2. The van der Waals surface area contributed by atoms with Gasteiger partial charge in [-0.1, -0.05) is 44.2 Å². The fourth-order valence-corrected chi connectivity index (χ4v) is 5.73. The van der Waals surface area contributed by atoms with Crippen LogP contribution in [0.1, 0.15) is 54.4 Å². The summed E-state index contributed by atoms with van der Waals surface area (Å²) >= 11 is 0. The Labute approximate surface area is 225 Å². The first-order chi connectivity index (χ1) is 18.9. The highest BCUT2D eigenvalue weighted by atomic mass is 19.3. The van der Waals surface area contributed by atoms with Crippen LogP contribution in [-0.4, -0.2) is 66.8 Å². The smallest absolute Gasteiger partial charge is 0.388 e. The van der Waals surface area contributed by atoms with Gasteiger partial charge in [0, 0.05) is 55.7 Å². The minimum absolute atomic E-state index is 0.00931. The number of amides is 1. The predicted octanol–water partition coefficient (Wildman–Crippen LogP) is 5.01. The average Bonchev–Trinajstić information content (AvgIpc) is 3.31. The van der Waals surface area contributed by atoms with E-state index in [1.54, 1.807) is 12.3 Å². The lowest BCUT2D eigenvalue weighted by Crippen LogP contribution is -2.63. The minimum Gasteiger partial charge on any atom is -0.417 e. The van der Waals surface area contributed by atoms with Crippen LogP contribution < -0.4 is 4.74 Å². The van der Waals surface area contributed by atoms with E-state index in [9.17, 15) is 13.6 Å². The van der Waals surface area contributed by atoms with Gasteiger partial charge in [0.15, 0.2) is 0 Å². The molecule has 10 heteroatoms. The van der Waals surface area contributed by atoms with E-state index in [1.807, 2.05) is 17.2 Å². The lowest BCUT2D eigenvalue weighted by molar-refractivity contribution is -0.0531. The first-order valence-corrected chi connectivity index (χ1v) is 13.3. The summed E-state index contributed by atoms with van der Waals surface area (Å²) in [4.78, 5) is 31.0. The number of aromatic nitrogens is 4. The number of imidazole rings is 1. The third-order valence-corrected chi connectivity index (χ3v) is 7.76. The fourth-order valence-electron chi connectivity index (χ4n) is 5.73. The summed E-state index contributed by atoms with van der Waals surface area (Å²) in [7, 11) is 0. The Balaban J connectivity index is 1.24. The Morgan fingerprint density at radius 2 is 1.82 bits per heavy atom. The van der Waals surface area contributed by atoms with Crippen LogP contribution in [0.2, 0.25) is 0 Å². The standard InChI is InChI=1S/C29H30F2N6O2/c1-18(2)19-7-9-20(10-8-19)26-24(36-14-4-13-32-29(36)34-26)17-35-15-22-12-11-21(35)16-37(22)27(38)23-5-3-6-25(33-23)39-28(30)31/h3-10,13-14,18,21-22,28H,11-12,15-17H2,1-2H3. The maximum absolute atomic E-state index is 13.3. The molecule has 3 aliphatic rings. The average molecular weight is 533 g/mol. The van der Waals surface area contributed by atoms with Gasteiger partial charge in [0.05, 0.1) is 11.4 Å². The van der Waals surface area contributed by atoms with E-state index in [0.29, 0.717) is 31.3 Å². The second-order valence-corrected chi connectivity index (χ2v) is 10.5. The zero-order chi connectivity index (χ0) is 27.1. The fraction of sp³-hybridized carbons (Fsp3) is 0.379. The monoisotopic (exact) mass is 532 g/mol. The molecule has 202 valence electrons. The normalized spacial score (nSPS) is 19.4. The molecule has 8 nitrogen and oxygen atoms in total. The molecular weight excluding hydrogens is 502 g/mol. The number of benzene rings is 1. The molecule has 6 heterocycles. The van der Waals surface area contributed by atoms with Crippen molar-refractivity contribution in [1.29, 1.82) is 0 Å². The van der Waals surface area contributed by atoms with E-state index in [0.717, 1.165) is 29.8 Å². The summed E-state index contributed by atoms with van der Waals surface area (Å²) in [5.41, 5.74) is 4.43. The molecule has 0 saturated carbocycles. The second kappa shape index (κ2) is 10.3. The molecule has 4 aromatic rings. The molecule has 0 radical (unpaired) electrons. The number of hydrogen-bond donors (Lipinski definition) is 0. The van der Waals surface area contributed by atoms with Gasteiger partial charge in [0.25, 0.3) is 5.91 Å². The van der Waals surface area contributed by atoms with Crippen LogP contribution in [0.25, 0.3) is 17.0 Å². The summed E-state index contributed by atoms with van der Waals surface area (Å²) in [6.07, 6.45) is 5.61. The molecule has 7 rings (SSSR count). The van der Waals surface area contributed by atoms with Crippen LogP contribution in [0.15, 0.2) is 60.9 Å². The van der Waals surface area contributed by atoms with Gasteiger partial charge >= 0.3 is 6.61 Å². The Morgan fingerprint density at radius 3 is 2.54 bits per heavy atom. The van der Waals surface area contributed by atoms with Crippen molar-refractivity contribution in [3.63, 3.8) is 0 Å². The van der Waals surface area contributed by atoms with Gasteiger partial charge in [-0.3, -0.25) is 14.1 Å². The van der Waals surface area contributed by atoms with E-state index >= 15 is 0 Å². The van der Waals surface area contributed by atoms with Crippen LogP contribution in [-0.2, 0) is 6.54 Å². The molecule has 1 aromatic carbocycles. The molecule has 3 aliphatic heterocycles. The molecule has 3 saturated heterocycles. The number of carbonyl (C=O) groups is 1. The van der Waals surface area contributed by atoms with Crippen molar-refractivity contribution >= 4 is 11.7 Å². The van der Waals surface area contributed by atoms with E-state index in [2.05, 4.69) is 62.1 Å². The molecule has 3 fully saturated rings. The molecule has 0 aliphatic carbocycles. The van der Waals surface area contributed by atoms with Crippen molar-refractivity contribution in [2.45, 2.75) is 57.8 Å². The third-order valence-electron chi connectivity index (χ3n) is 7.76. The van der Waals surface area contributed by atoms with Crippen LogP contribution >= 0.6 is 0 Å². The van der Waals surface area contributed by atoms with Crippen LogP contribution in [0.3, 0.4) is 0 Å². The van der Waals surface area contributed by atoms with Crippen molar-refractivity contribution in [1.82, 2.24) is 29.2 Å². The van der Waals surface area contributed by atoms with Crippen molar-refractivity contribution in [2.75, 3.05) is 13.1 Å². The molecule has 0 N–H and O–H groups in total. The summed E-state index contributed by atoms with van der Waals surface area (Å²) in [6.45, 7) is 3.31. The third kappa shape index (κ3) is 4.96. The number of halogens is 2. The number of ether oxygens (including phenoxy) is 1. The van der Waals surface area contributed by atoms with Gasteiger partial charge < -0.3 is 9.64 Å². The summed E-state index contributed by atoms with van der Waals surface area (Å²) < 4.78 is 31.7. The topological polar surface area (TPSA) is 75.9 Å². The van der Waals surface area contributed by atoms with Gasteiger partial charge in [0.1, 0.15) is 5.69 Å². The Hall–Kier alpha value is -3.92. The number of piperidine rings is 2. The SMILES string of the molecule is CC(C)c1ccc(-c2nc3ncccn3c2CN2CC3CCC2CN3C(=O)c2cccc(OC(F)F)n2)cc1. The number of hydrogen-bond acceptors (Lipinski definition) is 6. The maximum Gasteiger partial charge on any atom is 0.388 e. The molecule has 2 atom stereocenters. The molecule has 2 unspecified atom stereocenters. The van der Waals surface area contributed by atoms with Gasteiger partial charge in [0.2, 0.25) is 11.7 Å². The first kappa shape index (κ1) is 25.4. The van der Waals surface area contributed by atoms with Gasteiger partial charge in [-0.2, -0.15) is 8.78 Å². The van der Waals surface area contributed by atoms with Gasteiger partial charge in [-0.05, 0) is 36.5 Å². The van der Waals surface area contributed by atoms with E-state index in [4.69, 9.17) is 4.98 Å². The van der Waals surface area contributed by atoms with Crippen LogP contribution in [0.4, 0.5) is 8.78 Å². The highest BCUT2D eigenvalue weighted by Gasteiger charge is 2.42. The number of rotatable bonds is 7. The van der Waals surface area contributed by atoms with Crippen LogP contribution in [0.5, 0.6) is 5.88 Å². The number of pyridine rings is 1. The highest BCUT2D eigenvalue weighted by molar-refractivity contribution is 5.93. The summed E-state index contributed by atoms with van der Waals surface area (Å²) in [6, 6.07) is 15.0. The molecule has 3 aromatic heterocycles. The second-order valence-electron chi connectivity index (χ2n) is 10.5. The predicted molar refractivity (Wildman–Crippen MR) is 142 cm³/mol.